The van der Waals surface area contributed by atoms with E-state index in [1.165, 1.54) is 19.2 Å². The summed E-state index contributed by atoms with van der Waals surface area (Å²) in [5.74, 6) is -0.465. The molecule has 2 atom stereocenters. The maximum atomic E-state index is 12.5. The number of methoxy groups -OCH3 is 1. The number of benzene rings is 1. The minimum Gasteiger partial charge on any atom is -0.465 e. The molecular weight excluding hydrogens is 292 g/mol. The van der Waals surface area contributed by atoms with Crippen molar-refractivity contribution in [2.75, 3.05) is 20.2 Å². The number of rotatable bonds is 4. The largest absolute Gasteiger partial charge is 0.465 e. The van der Waals surface area contributed by atoms with Crippen LogP contribution in [0.4, 0.5) is 0 Å². The van der Waals surface area contributed by atoms with E-state index in [-0.39, 0.29) is 22.4 Å². The topological polar surface area (TPSA) is 84.5 Å². The summed E-state index contributed by atoms with van der Waals surface area (Å²) in [4.78, 5) is 11.7. The van der Waals surface area contributed by atoms with Crippen molar-refractivity contribution in [3.05, 3.63) is 29.8 Å². The number of carbonyl (C=O) groups is 1. The third-order valence-corrected chi connectivity index (χ3v) is 5.22. The highest BCUT2D eigenvalue weighted by Gasteiger charge is 2.29. The highest BCUT2D eigenvalue weighted by molar-refractivity contribution is 7.89. The van der Waals surface area contributed by atoms with Crippen LogP contribution in [0.15, 0.2) is 29.2 Å². The van der Waals surface area contributed by atoms with Crippen LogP contribution in [0.5, 0.6) is 0 Å². The molecule has 2 unspecified atom stereocenters. The van der Waals surface area contributed by atoms with E-state index in [4.69, 9.17) is 0 Å². The fraction of sp³-hybridized carbons (Fsp3) is 0.500. The van der Waals surface area contributed by atoms with Crippen molar-refractivity contribution in [2.24, 2.45) is 5.92 Å². The Hall–Kier alpha value is -1.44. The normalized spacial score (nSPS) is 22.8. The van der Waals surface area contributed by atoms with Crippen molar-refractivity contribution in [2.45, 2.75) is 24.3 Å². The Bertz CT molecular complexity index is 615. The third kappa shape index (κ3) is 3.61. The van der Waals surface area contributed by atoms with E-state index >= 15 is 0 Å². The summed E-state index contributed by atoms with van der Waals surface area (Å²) >= 11 is 0. The smallest absolute Gasteiger partial charge is 0.339 e. The minimum absolute atomic E-state index is 0.0393. The van der Waals surface area contributed by atoms with Crippen LogP contribution in [0, 0.1) is 5.92 Å². The van der Waals surface area contributed by atoms with Gasteiger partial charge in [-0.1, -0.05) is 19.1 Å². The van der Waals surface area contributed by atoms with Crippen molar-refractivity contribution in [3.8, 4) is 0 Å². The number of sulfonamides is 1. The molecule has 7 heteroatoms. The lowest BCUT2D eigenvalue weighted by Crippen LogP contribution is -2.48. The lowest BCUT2D eigenvalue weighted by atomic mass is 9.97. The van der Waals surface area contributed by atoms with Crippen molar-refractivity contribution in [3.63, 3.8) is 0 Å². The molecule has 116 valence electrons. The minimum atomic E-state index is -3.76. The zero-order valence-corrected chi connectivity index (χ0v) is 12.9. The Labute approximate surface area is 124 Å². The number of piperidine rings is 1. The van der Waals surface area contributed by atoms with Crippen molar-refractivity contribution >= 4 is 16.0 Å². The van der Waals surface area contributed by atoms with Gasteiger partial charge in [0.15, 0.2) is 0 Å². The van der Waals surface area contributed by atoms with E-state index in [9.17, 15) is 13.2 Å². The van der Waals surface area contributed by atoms with E-state index < -0.39 is 16.0 Å². The molecule has 0 aromatic heterocycles. The molecule has 2 rings (SSSR count). The fourth-order valence-corrected chi connectivity index (χ4v) is 4.01. The molecule has 2 N–H and O–H groups in total. The van der Waals surface area contributed by atoms with Crippen LogP contribution in [0.3, 0.4) is 0 Å². The Morgan fingerprint density at radius 2 is 2.10 bits per heavy atom. The fourth-order valence-electron chi connectivity index (χ4n) is 2.43. The first-order valence-corrected chi connectivity index (χ1v) is 8.34. The number of hydrogen-bond donors (Lipinski definition) is 2. The summed E-state index contributed by atoms with van der Waals surface area (Å²) < 4.78 is 32.4. The Morgan fingerprint density at radius 1 is 1.38 bits per heavy atom. The van der Waals surface area contributed by atoms with Gasteiger partial charge in [0.25, 0.3) is 0 Å². The van der Waals surface area contributed by atoms with Crippen LogP contribution in [-0.4, -0.2) is 40.6 Å². The van der Waals surface area contributed by atoms with Crippen LogP contribution in [0.2, 0.25) is 0 Å². The van der Waals surface area contributed by atoms with Gasteiger partial charge < -0.3 is 10.1 Å². The molecule has 0 amide bonds. The summed E-state index contributed by atoms with van der Waals surface area (Å²) in [7, 11) is -2.53. The van der Waals surface area contributed by atoms with E-state index in [1.807, 2.05) is 6.92 Å². The lowest BCUT2D eigenvalue weighted by Gasteiger charge is -2.30. The van der Waals surface area contributed by atoms with Gasteiger partial charge in [-0.2, -0.15) is 0 Å². The lowest BCUT2D eigenvalue weighted by molar-refractivity contribution is 0.0596. The van der Waals surface area contributed by atoms with Crippen LogP contribution in [0.25, 0.3) is 0 Å². The van der Waals surface area contributed by atoms with Gasteiger partial charge in [0, 0.05) is 6.04 Å². The van der Waals surface area contributed by atoms with Gasteiger partial charge >= 0.3 is 5.97 Å². The molecule has 6 nitrogen and oxygen atoms in total. The van der Waals surface area contributed by atoms with E-state index in [0.29, 0.717) is 0 Å². The van der Waals surface area contributed by atoms with Crippen molar-refractivity contribution in [1.82, 2.24) is 10.0 Å². The quantitative estimate of drug-likeness (QED) is 0.802. The Balaban J connectivity index is 2.29. The molecule has 0 radical (unpaired) electrons. The number of nitrogens with one attached hydrogen (secondary N) is 2. The number of esters is 1. The average molecular weight is 312 g/mol. The maximum absolute atomic E-state index is 12.5. The predicted molar refractivity (Wildman–Crippen MR) is 78.5 cm³/mol. The molecular formula is C14H20N2O4S. The van der Waals surface area contributed by atoms with Crippen LogP contribution < -0.4 is 10.0 Å². The first-order chi connectivity index (χ1) is 9.95. The van der Waals surface area contributed by atoms with E-state index in [2.05, 4.69) is 14.8 Å². The average Bonchev–Trinajstić information content (AvgIpc) is 2.48. The van der Waals surface area contributed by atoms with E-state index in [1.54, 1.807) is 12.1 Å². The second-order valence-corrected chi connectivity index (χ2v) is 6.87. The van der Waals surface area contributed by atoms with Crippen molar-refractivity contribution < 1.29 is 17.9 Å². The first-order valence-electron chi connectivity index (χ1n) is 6.86. The monoisotopic (exact) mass is 312 g/mol. The molecule has 1 aromatic carbocycles. The summed E-state index contributed by atoms with van der Waals surface area (Å²) in [5, 5.41) is 3.22. The van der Waals surface area contributed by atoms with Crippen molar-refractivity contribution in [1.29, 1.82) is 0 Å². The second kappa shape index (κ2) is 6.55. The molecule has 1 heterocycles. The summed E-state index contributed by atoms with van der Waals surface area (Å²) in [6.45, 7) is 3.54. The second-order valence-electron chi connectivity index (χ2n) is 5.19. The number of ether oxygens (including phenoxy) is 1. The highest BCUT2D eigenvalue weighted by atomic mass is 32.2. The Morgan fingerprint density at radius 3 is 2.76 bits per heavy atom. The van der Waals surface area contributed by atoms with Gasteiger partial charge in [-0.25, -0.2) is 17.9 Å². The summed E-state index contributed by atoms with van der Waals surface area (Å²) in [6.07, 6.45) is 0.723. The predicted octanol–water partition coefficient (Wildman–Crippen LogP) is 0.749. The zero-order valence-electron chi connectivity index (χ0n) is 12.1. The number of carbonyl (C=O) groups excluding carboxylic acids is 1. The standard InChI is InChI=1S/C14H20N2O4S/c1-10-9-15-8-7-12(10)16-21(18,19)13-6-4-3-5-11(13)14(17)20-2/h3-6,10,12,15-16H,7-9H2,1-2H3. The maximum Gasteiger partial charge on any atom is 0.339 e. The summed E-state index contributed by atoms with van der Waals surface area (Å²) in [5.41, 5.74) is 0.0501. The summed E-state index contributed by atoms with van der Waals surface area (Å²) in [6, 6.07) is 5.93. The van der Waals surface area contributed by atoms with Gasteiger partial charge in [-0.05, 0) is 37.6 Å². The first kappa shape index (κ1) is 15.9. The van der Waals surface area contributed by atoms with Gasteiger partial charge in [-0.15, -0.1) is 0 Å². The zero-order chi connectivity index (χ0) is 15.5. The third-order valence-electron chi connectivity index (χ3n) is 3.67. The number of hydrogen-bond acceptors (Lipinski definition) is 5. The molecule has 1 aliphatic heterocycles. The van der Waals surface area contributed by atoms with Gasteiger partial charge in [-0.3, -0.25) is 0 Å². The molecule has 0 saturated carbocycles. The van der Waals surface area contributed by atoms with Gasteiger partial charge in [0.1, 0.15) is 0 Å². The van der Waals surface area contributed by atoms with Gasteiger partial charge in [0.05, 0.1) is 17.6 Å². The van der Waals surface area contributed by atoms with Crippen LogP contribution in [0.1, 0.15) is 23.7 Å². The Kier molecular flexibility index (Phi) is 4.97. The molecule has 0 bridgehead atoms. The molecule has 21 heavy (non-hydrogen) atoms. The SMILES string of the molecule is COC(=O)c1ccccc1S(=O)(=O)NC1CCNCC1C. The highest BCUT2D eigenvalue weighted by Crippen LogP contribution is 2.19. The molecule has 0 spiro atoms. The van der Waals surface area contributed by atoms with Crippen LogP contribution in [-0.2, 0) is 14.8 Å². The molecule has 1 fully saturated rings. The van der Waals surface area contributed by atoms with E-state index in [0.717, 1.165) is 19.5 Å². The molecule has 1 aliphatic rings. The molecule has 1 aromatic rings. The van der Waals surface area contributed by atoms with Crippen LogP contribution >= 0.6 is 0 Å². The molecule has 1 saturated heterocycles. The molecule has 0 aliphatic carbocycles. The van der Waals surface area contributed by atoms with Gasteiger partial charge in [0.2, 0.25) is 10.0 Å².